The lowest BCUT2D eigenvalue weighted by Gasteiger charge is -2.37. The Bertz CT molecular complexity index is 409. The number of piperidine rings is 1. The molecule has 1 N–H and O–H groups in total. The number of ether oxygens (including phenoxy) is 1. The fourth-order valence-electron chi connectivity index (χ4n) is 3.02. The van der Waals surface area contributed by atoms with Gasteiger partial charge >= 0.3 is 0 Å². The zero-order valence-corrected chi connectivity index (χ0v) is 13.6. The summed E-state index contributed by atoms with van der Waals surface area (Å²) in [4.78, 5) is 7.24. The van der Waals surface area contributed by atoms with E-state index in [-0.39, 0.29) is 12.4 Å². The van der Waals surface area contributed by atoms with Crippen LogP contribution >= 0.6 is 23.7 Å². The van der Waals surface area contributed by atoms with E-state index in [1.807, 2.05) is 0 Å². The molecule has 2 aliphatic heterocycles. The van der Waals surface area contributed by atoms with E-state index >= 15 is 0 Å². The Labute approximate surface area is 131 Å². The summed E-state index contributed by atoms with van der Waals surface area (Å²) in [5, 5.41) is 6.88. The SMILES string of the molecule is Cc1csc(C2COCCN2CC2CCCNC2)n1.Cl. The van der Waals surface area contributed by atoms with E-state index < -0.39 is 0 Å². The lowest BCUT2D eigenvalue weighted by atomic mass is 9.98. The maximum Gasteiger partial charge on any atom is 0.112 e. The van der Waals surface area contributed by atoms with Crippen molar-refractivity contribution in [2.24, 2.45) is 5.92 Å². The largest absolute Gasteiger partial charge is 0.378 e. The van der Waals surface area contributed by atoms with Crippen LogP contribution in [0.4, 0.5) is 0 Å². The predicted molar refractivity (Wildman–Crippen MR) is 84.8 cm³/mol. The van der Waals surface area contributed by atoms with Gasteiger partial charge in [-0.05, 0) is 38.8 Å². The molecule has 0 amide bonds. The molecule has 0 aromatic carbocycles. The van der Waals surface area contributed by atoms with Gasteiger partial charge in [-0.1, -0.05) is 0 Å². The molecule has 2 aliphatic rings. The summed E-state index contributed by atoms with van der Waals surface area (Å²) in [6.07, 6.45) is 2.67. The maximum atomic E-state index is 5.67. The summed E-state index contributed by atoms with van der Waals surface area (Å²) in [5.41, 5.74) is 1.13. The van der Waals surface area contributed by atoms with E-state index in [9.17, 15) is 0 Å². The minimum Gasteiger partial charge on any atom is -0.378 e. The maximum absolute atomic E-state index is 5.67. The zero-order valence-electron chi connectivity index (χ0n) is 12.0. The molecular formula is C14H24ClN3OS. The van der Waals surface area contributed by atoms with Gasteiger partial charge in [-0.2, -0.15) is 0 Å². The van der Waals surface area contributed by atoms with Crippen molar-refractivity contribution < 1.29 is 4.74 Å². The molecular weight excluding hydrogens is 294 g/mol. The second-order valence-corrected chi connectivity index (χ2v) is 6.51. The Morgan fingerprint density at radius 1 is 1.55 bits per heavy atom. The molecule has 2 fully saturated rings. The van der Waals surface area contributed by atoms with Crippen molar-refractivity contribution in [3.8, 4) is 0 Å². The Morgan fingerprint density at radius 3 is 3.15 bits per heavy atom. The van der Waals surface area contributed by atoms with Gasteiger partial charge in [0.1, 0.15) is 5.01 Å². The summed E-state index contributed by atoms with van der Waals surface area (Å²) in [7, 11) is 0. The van der Waals surface area contributed by atoms with Gasteiger partial charge < -0.3 is 10.1 Å². The fraction of sp³-hybridized carbons (Fsp3) is 0.786. The van der Waals surface area contributed by atoms with E-state index in [0.717, 1.165) is 31.4 Å². The third-order valence-electron chi connectivity index (χ3n) is 4.05. The second kappa shape index (κ2) is 7.71. The topological polar surface area (TPSA) is 37.4 Å². The van der Waals surface area contributed by atoms with Crippen LogP contribution in [0.5, 0.6) is 0 Å². The van der Waals surface area contributed by atoms with Crippen molar-refractivity contribution in [3.63, 3.8) is 0 Å². The Balaban J connectivity index is 0.00000147. The third kappa shape index (κ3) is 3.92. The summed E-state index contributed by atoms with van der Waals surface area (Å²) >= 11 is 1.77. The second-order valence-electron chi connectivity index (χ2n) is 5.63. The van der Waals surface area contributed by atoms with E-state index in [4.69, 9.17) is 4.74 Å². The molecule has 2 atom stereocenters. The van der Waals surface area contributed by atoms with Gasteiger partial charge in [0, 0.05) is 24.2 Å². The zero-order chi connectivity index (χ0) is 13.1. The van der Waals surface area contributed by atoms with Gasteiger partial charge in [-0.15, -0.1) is 23.7 Å². The highest BCUT2D eigenvalue weighted by atomic mass is 35.5. The van der Waals surface area contributed by atoms with Crippen molar-refractivity contribution in [3.05, 3.63) is 16.1 Å². The van der Waals surface area contributed by atoms with E-state index in [0.29, 0.717) is 6.04 Å². The number of hydrogen-bond acceptors (Lipinski definition) is 5. The van der Waals surface area contributed by atoms with Gasteiger partial charge in [0.25, 0.3) is 0 Å². The fourth-order valence-corrected chi connectivity index (χ4v) is 3.94. The van der Waals surface area contributed by atoms with Crippen LogP contribution < -0.4 is 5.32 Å². The smallest absolute Gasteiger partial charge is 0.112 e. The van der Waals surface area contributed by atoms with Gasteiger partial charge in [-0.3, -0.25) is 4.90 Å². The van der Waals surface area contributed by atoms with Crippen LogP contribution in [-0.4, -0.2) is 49.3 Å². The highest BCUT2D eigenvalue weighted by Gasteiger charge is 2.29. The first-order valence-corrected chi connectivity index (χ1v) is 8.15. The van der Waals surface area contributed by atoms with Crippen molar-refractivity contribution >= 4 is 23.7 Å². The molecule has 1 aromatic heterocycles. The van der Waals surface area contributed by atoms with Crippen LogP contribution in [-0.2, 0) is 4.74 Å². The number of hydrogen-bond donors (Lipinski definition) is 1. The Kier molecular flexibility index (Phi) is 6.23. The summed E-state index contributed by atoms with van der Waals surface area (Å²) in [5.74, 6) is 0.787. The molecule has 0 spiro atoms. The first kappa shape index (κ1) is 16.2. The summed E-state index contributed by atoms with van der Waals surface area (Å²) in [6, 6.07) is 0.370. The molecule has 0 radical (unpaired) electrons. The van der Waals surface area contributed by atoms with Crippen LogP contribution in [0, 0.1) is 12.8 Å². The van der Waals surface area contributed by atoms with E-state index in [1.54, 1.807) is 11.3 Å². The Hall–Kier alpha value is -0.200. The molecule has 6 heteroatoms. The van der Waals surface area contributed by atoms with Gasteiger partial charge in [-0.25, -0.2) is 4.98 Å². The molecule has 2 saturated heterocycles. The minimum absolute atomic E-state index is 0. The monoisotopic (exact) mass is 317 g/mol. The van der Waals surface area contributed by atoms with Crippen LogP contribution in [0.25, 0.3) is 0 Å². The van der Waals surface area contributed by atoms with Crippen molar-refractivity contribution in [2.45, 2.75) is 25.8 Å². The highest BCUT2D eigenvalue weighted by Crippen LogP contribution is 2.28. The molecule has 1 aromatic rings. The molecule has 3 rings (SSSR count). The van der Waals surface area contributed by atoms with Crippen LogP contribution in [0.1, 0.15) is 29.6 Å². The number of aromatic nitrogens is 1. The predicted octanol–water partition coefficient (Wildman–Crippen LogP) is 2.25. The first-order chi connectivity index (χ1) is 9.33. The number of thiazole rings is 1. The molecule has 0 saturated carbocycles. The Morgan fingerprint density at radius 2 is 2.45 bits per heavy atom. The van der Waals surface area contributed by atoms with Crippen molar-refractivity contribution in [1.82, 2.24) is 15.2 Å². The molecule has 2 unspecified atom stereocenters. The third-order valence-corrected chi connectivity index (χ3v) is 5.12. The number of halogens is 1. The lowest BCUT2D eigenvalue weighted by molar-refractivity contribution is -0.0169. The minimum atomic E-state index is 0. The van der Waals surface area contributed by atoms with E-state index in [1.165, 1.54) is 37.5 Å². The molecule has 3 heterocycles. The molecule has 4 nitrogen and oxygen atoms in total. The van der Waals surface area contributed by atoms with Gasteiger partial charge in [0.05, 0.1) is 19.3 Å². The van der Waals surface area contributed by atoms with E-state index in [2.05, 4.69) is 27.5 Å². The number of nitrogens with zero attached hydrogens (tertiary/aromatic N) is 2. The van der Waals surface area contributed by atoms with Gasteiger partial charge in [0.15, 0.2) is 0 Å². The average molecular weight is 318 g/mol. The van der Waals surface area contributed by atoms with Crippen LogP contribution in [0.3, 0.4) is 0 Å². The van der Waals surface area contributed by atoms with Crippen LogP contribution in [0.2, 0.25) is 0 Å². The van der Waals surface area contributed by atoms with Crippen molar-refractivity contribution in [2.75, 3.05) is 39.4 Å². The first-order valence-electron chi connectivity index (χ1n) is 7.27. The number of nitrogens with one attached hydrogen (secondary N) is 1. The highest BCUT2D eigenvalue weighted by molar-refractivity contribution is 7.09. The van der Waals surface area contributed by atoms with Gasteiger partial charge in [0.2, 0.25) is 0 Å². The quantitative estimate of drug-likeness (QED) is 0.928. The molecule has 0 bridgehead atoms. The van der Waals surface area contributed by atoms with Crippen molar-refractivity contribution in [1.29, 1.82) is 0 Å². The number of morpholine rings is 1. The summed E-state index contributed by atoms with van der Waals surface area (Å²) in [6.45, 7) is 8.31. The van der Waals surface area contributed by atoms with Crippen LogP contribution in [0.15, 0.2) is 5.38 Å². The standard InChI is InChI=1S/C14H23N3OS.ClH/c1-11-10-19-14(16-11)13-9-18-6-5-17(13)8-12-3-2-4-15-7-12;/h10,12-13,15H,2-9H2,1H3;1H. The average Bonchev–Trinajstić information content (AvgIpc) is 2.87. The molecule has 114 valence electrons. The number of aryl methyl sites for hydroxylation is 1. The summed E-state index contributed by atoms with van der Waals surface area (Å²) < 4.78 is 5.67. The lowest BCUT2D eigenvalue weighted by Crippen LogP contribution is -2.45. The molecule has 0 aliphatic carbocycles. The number of rotatable bonds is 3. The normalized spacial score (nSPS) is 28.1. The molecule has 20 heavy (non-hydrogen) atoms.